The summed E-state index contributed by atoms with van der Waals surface area (Å²) in [6, 6.07) is 1.66. The molecular weight excluding hydrogens is 389 g/mol. The molecular formula is C13H22IN3O4. The molecule has 0 saturated carbocycles. The molecule has 0 atom stereocenters. The normalized spacial score (nSPS) is 10.8. The molecule has 120 valence electrons. The van der Waals surface area contributed by atoms with Gasteiger partial charge in [0.25, 0.3) is 0 Å². The molecule has 0 amide bonds. The van der Waals surface area contributed by atoms with Crippen LogP contribution in [0.15, 0.2) is 15.5 Å². The third kappa shape index (κ3) is 6.34. The summed E-state index contributed by atoms with van der Waals surface area (Å²) >= 11 is 0. The van der Waals surface area contributed by atoms with Gasteiger partial charge in [-0.15, -0.1) is 24.0 Å². The number of nitrogens with zero attached hydrogens (tertiary/aromatic N) is 1. The molecule has 1 rings (SSSR count). The van der Waals surface area contributed by atoms with Gasteiger partial charge < -0.3 is 24.5 Å². The molecule has 2 N–H and O–H groups in total. The van der Waals surface area contributed by atoms with Crippen LogP contribution in [-0.2, 0) is 16.0 Å². The zero-order chi connectivity index (χ0) is 15.0. The summed E-state index contributed by atoms with van der Waals surface area (Å²) in [5, 5.41) is 6.16. The van der Waals surface area contributed by atoms with Crippen molar-refractivity contribution in [2.75, 3.05) is 34.4 Å². The van der Waals surface area contributed by atoms with Crippen molar-refractivity contribution >= 4 is 35.9 Å². The SMILES string of the molecule is CN=C(NCCOC)NCc1cc(C(=O)OC)c(C)o1.I. The summed E-state index contributed by atoms with van der Waals surface area (Å²) < 4.78 is 15.1. The van der Waals surface area contributed by atoms with Crippen molar-refractivity contribution in [2.24, 2.45) is 4.99 Å². The largest absolute Gasteiger partial charge is 0.465 e. The zero-order valence-corrected chi connectivity index (χ0v) is 15.0. The Morgan fingerprint density at radius 1 is 1.38 bits per heavy atom. The fourth-order valence-electron chi connectivity index (χ4n) is 1.61. The van der Waals surface area contributed by atoms with E-state index >= 15 is 0 Å². The van der Waals surface area contributed by atoms with Gasteiger partial charge in [0.1, 0.15) is 17.1 Å². The van der Waals surface area contributed by atoms with Crippen LogP contribution in [0.3, 0.4) is 0 Å². The lowest BCUT2D eigenvalue weighted by atomic mass is 10.2. The van der Waals surface area contributed by atoms with Crippen LogP contribution >= 0.6 is 24.0 Å². The van der Waals surface area contributed by atoms with Gasteiger partial charge in [-0.1, -0.05) is 0 Å². The van der Waals surface area contributed by atoms with Crippen molar-refractivity contribution < 1.29 is 18.7 Å². The smallest absolute Gasteiger partial charge is 0.341 e. The zero-order valence-electron chi connectivity index (χ0n) is 12.7. The third-order valence-electron chi connectivity index (χ3n) is 2.63. The van der Waals surface area contributed by atoms with E-state index in [9.17, 15) is 4.79 Å². The fourth-order valence-corrected chi connectivity index (χ4v) is 1.61. The van der Waals surface area contributed by atoms with Crippen LogP contribution in [-0.4, -0.2) is 46.3 Å². The molecule has 0 aliphatic rings. The predicted octanol–water partition coefficient (Wildman–Crippen LogP) is 1.30. The molecule has 0 unspecified atom stereocenters. The van der Waals surface area contributed by atoms with Crippen molar-refractivity contribution in [3.8, 4) is 0 Å². The van der Waals surface area contributed by atoms with Crippen LogP contribution in [0.5, 0.6) is 0 Å². The summed E-state index contributed by atoms with van der Waals surface area (Å²) in [5.74, 6) is 1.41. The molecule has 0 radical (unpaired) electrons. The first-order chi connectivity index (χ1) is 9.62. The van der Waals surface area contributed by atoms with Gasteiger partial charge in [-0.2, -0.15) is 0 Å². The highest BCUT2D eigenvalue weighted by molar-refractivity contribution is 14.0. The number of hydrogen-bond acceptors (Lipinski definition) is 5. The van der Waals surface area contributed by atoms with E-state index < -0.39 is 5.97 Å². The molecule has 1 aromatic heterocycles. The Balaban J connectivity index is 0.00000400. The fraction of sp³-hybridized carbons (Fsp3) is 0.538. The molecule has 7 nitrogen and oxygen atoms in total. The lowest BCUT2D eigenvalue weighted by Gasteiger charge is -2.10. The average Bonchev–Trinajstić information content (AvgIpc) is 2.83. The number of aryl methyl sites for hydroxylation is 1. The summed E-state index contributed by atoms with van der Waals surface area (Å²) in [4.78, 5) is 15.5. The van der Waals surface area contributed by atoms with Gasteiger partial charge in [0.15, 0.2) is 5.96 Å². The number of aliphatic imine (C=N–C) groups is 1. The number of hydrogen-bond donors (Lipinski definition) is 2. The van der Waals surface area contributed by atoms with Crippen molar-refractivity contribution in [1.29, 1.82) is 0 Å². The molecule has 0 spiro atoms. The maximum absolute atomic E-state index is 11.5. The van der Waals surface area contributed by atoms with E-state index in [0.29, 0.717) is 42.7 Å². The second-order valence-corrected chi connectivity index (χ2v) is 4.02. The van der Waals surface area contributed by atoms with E-state index in [0.717, 1.165) is 0 Å². The maximum atomic E-state index is 11.5. The number of rotatable bonds is 6. The second-order valence-electron chi connectivity index (χ2n) is 4.02. The number of carbonyl (C=O) groups is 1. The van der Waals surface area contributed by atoms with Crippen LogP contribution in [0.1, 0.15) is 21.9 Å². The van der Waals surface area contributed by atoms with Crippen molar-refractivity contribution in [1.82, 2.24) is 10.6 Å². The van der Waals surface area contributed by atoms with Crippen LogP contribution in [0, 0.1) is 6.92 Å². The van der Waals surface area contributed by atoms with Crippen molar-refractivity contribution in [2.45, 2.75) is 13.5 Å². The molecule has 8 heteroatoms. The van der Waals surface area contributed by atoms with Gasteiger partial charge in [-0.05, 0) is 13.0 Å². The number of furan rings is 1. The Kier molecular flexibility index (Phi) is 9.80. The first-order valence-corrected chi connectivity index (χ1v) is 6.23. The van der Waals surface area contributed by atoms with Gasteiger partial charge >= 0.3 is 5.97 Å². The van der Waals surface area contributed by atoms with E-state index in [1.807, 2.05) is 0 Å². The number of halogens is 1. The van der Waals surface area contributed by atoms with Crippen LogP contribution in [0.2, 0.25) is 0 Å². The molecule has 0 aliphatic heterocycles. The first kappa shape index (κ1) is 19.7. The third-order valence-corrected chi connectivity index (χ3v) is 2.63. The van der Waals surface area contributed by atoms with Gasteiger partial charge in [-0.3, -0.25) is 4.99 Å². The molecule has 0 fully saturated rings. The number of guanidine groups is 1. The summed E-state index contributed by atoms with van der Waals surface area (Å²) in [6.45, 7) is 3.39. The van der Waals surface area contributed by atoms with Gasteiger partial charge in [0.05, 0.1) is 20.3 Å². The van der Waals surface area contributed by atoms with E-state index in [-0.39, 0.29) is 24.0 Å². The summed E-state index contributed by atoms with van der Waals surface area (Å²) in [7, 11) is 4.65. The highest BCUT2D eigenvalue weighted by Gasteiger charge is 2.15. The Labute approximate surface area is 141 Å². The molecule has 1 aromatic rings. The number of nitrogens with one attached hydrogen (secondary N) is 2. The van der Waals surface area contributed by atoms with Crippen LogP contribution in [0.25, 0.3) is 0 Å². The molecule has 1 heterocycles. The van der Waals surface area contributed by atoms with E-state index in [1.165, 1.54) is 7.11 Å². The molecule has 0 aliphatic carbocycles. The predicted molar refractivity (Wildman–Crippen MR) is 90.3 cm³/mol. The van der Waals surface area contributed by atoms with Gasteiger partial charge in [0, 0.05) is 20.7 Å². The minimum atomic E-state index is -0.403. The Morgan fingerprint density at radius 3 is 2.67 bits per heavy atom. The second kappa shape index (κ2) is 10.4. The molecule has 21 heavy (non-hydrogen) atoms. The van der Waals surface area contributed by atoms with Crippen LogP contribution in [0.4, 0.5) is 0 Å². The van der Waals surface area contributed by atoms with Gasteiger partial charge in [0.2, 0.25) is 0 Å². The topological polar surface area (TPSA) is 85.1 Å². The molecule has 0 saturated heterocycles. The highest BCUT2D eigenvalue weighted by Crippen LogP contribution is 2.15. The molecule has 0 aromatic carbocycles. The Morgan fingerprint density at radius 2 is 2.10 bits per heavy atom. The number of methoxy groups -OCH3 is 2. The maximum Gasteiger partial charge on any atom is 0.341 e. The van der Waals surface area contributed by atoms with E-state index in [1.54, 1.807) is 27.1 Å². The number of esters is 1. The Hall–Kier alpha value is -1.29. The van der Waals surface area contributed by atoms with Crippen molar-refractivity contribution in [3.05, 3.63) is 23.2 Å². The number of ether oxygens (including phenoxy) is 2. The van der Waals surface area contributed by atoms with E-state index in [4.69, 9.17) is 9.15 Å². The first-order valence-electron chi connectivity index (χ1n) is 6.23. The number of carbonyl (C=O) groups excluding carboxylic acids is 1. The highest BCUT2D eigenvalue weighted by atomic mass is 127. The minimum Gasteiger partial charge on any atom is -0.465 e. The minimum absolute atomic E-state index is 0. The van der Waals surface area contributed by atoms with Gasteiger partial charge in [-0.25, -0.2) is 4.79 Å². The van der Waals surface area contributed by atoms with E-state index in [2.05, 4.69) is 20.4 Å². The molecule has 0 bridgehead atoms. The Bertz CT molecular complexity index is 474. The monoisotopic (exact) mass is 411 g/mol. The average molecular weight is 411 g/mol. The van der Waals surface area contributed by atoms with Crippen LogP contribution < -0.4 is 10.6 Å². The quantitative estimate of drug-likeness (QED) is 0.242. The lowest BCUT2D eigenvalue weighted by Crippen LogP contribution is -2.38. The van der Waals surface area contributed by atoms with Crippen molar-refractivity contribution in [3.63, 3.8) is 0 Å². The summed E-state index contributed by atoms with van der Waals surface area (Å²) in [6.07, 6.45) is 0. The lowest BCUT2D eigenvalue weighted by molar-refractivity contribution is 0.0599. The summed E-state index contributed by atoms with van der Waals surface area (Å²) in [5.41, 5.74) is 0.437. The standard InChI is InChI=1S/C13H21N3O4.HI/c1-9-11(12(17)19-4)7-10(20-9)8-16-13(14-2)15-5-6-18-3;/h7H,5-6,8H2,1-4H3,(H2,14,15,16);1H.